The van der Waals surface area contributed by atoms with E-state index in [2.05, 4.69) is 15.8 Å². The van der Waals surface area contributed by atoms with Crippen molar-refractivity contribution in [2.75, 3.05) is 6.54 Å². The van der Waals surface area contributed by atoms with Gasteiger partial charge in [-0.05, 0) is 38.5 Å². The van der Waals surface area contributed by atoms with Crippen LogP contribution in [-0.4, -0.2) is 40.5 Å². The molecule has 0 bridgehead atoms. The van der Waals surface area contributed by atoms with Crippen LogP contribution in [0.15, 0.2) is 29.4 Å². The summed E-state index contributed by atoms with van der Waals surface area (Å²) in [5, 5.41) is 6.47. The Bertz CT molecular complexity index is 698. The van der Waals surface area contributed by atoms with E-state index < -0.39 is 17.5 Å². The molecule has 7 nitrogen and oxygen atoms in total. The van der Waals surface area contributed by atoms with Crippen molar-refractivity contribution in [1.82, 2.24) is 15.6 Å². The molecule has 1 aromatic rings. The van der Waals surface area contributed by atoms with Gasteiger partial charge in [0.1, 0.15) is 11.4 Å². The standard InChI is InChI=1S/C16H19FN4O3/c1-10(11-4-6-12(17)7-5-11)19-20-13(22)8-9-21-14(23)16(2,3)18-15(21)24/h4-7H,8-9H2,1-3H3,(H,18,24)(H,20,22)/b19-10-. The molecule has 2 N–H and O–H groups in total. The van der Waals surface area contributed by atoms with Crippen LogP contribution in [0.1, 0.15) is 32.8 Å². The monoisotopic (exact) mass is 334 g/mol. The number of halogens is 1. The van der Waals surface area contributed by atoms with E-state index in [4.69, 9.17) is 0 Å². The molecule has 8 heteroatoms. The largest absolute Gasteiger partial charge is 0.325 e. The first-order valence-corrected chi connectivity index (χ1v) is 7.44. The molecule has 0 unspecified atom stereocenters. The summed E-state index contributed by atoms with van der Waals surface area (Å²) in [4.78, 5) is 36.5. The second kappa shape index (κ2) is 6.77. The Morgan fingerprint density at radius 1 is 1.29 bits per heavy atom. The average Bonchev–Trinajstić information content (AvgIpc) is 2.71. The smallest absolute Gasteiger partial charge is 0.324 e. The predicted octanol–water partition coefficient (Wildman–Crippen LogP) is 1.39. The number of carbonyl (C=O) groups is 3. The predicted molar refractivity (Wildman–Crippen MR) is 85.7 cm³/mol. The van der Waals surface area contributed by atoms with Crippen molar-refractivity contribution in [2.45, 2.75) is 32.7 Å². The maximum absolute atomic E-state index is 12.9. The average molecular weight is 334 g/mol. The van der Waals surface area contributed by atoms with Crippen LogP contribution in [0.4, 0.5) is 9.18 Å². The lowest BCUT2D eigenvalue weighted by molar-refractivity contribution is -0.130. The van der Waals surface area contributed by atoms with Crippen molar-refractivity contribution in [1.29, 1.82) is 0 Å². The molecular weight excluding hydrogens is 315 g/mol. The first kappa shape index (κ1) is 17.6. The van der Waals surface area contributed by atoms with Crippen LogP contribution in [0.5, 0.6) is 0 Å². The van der Waals surface area contributed by atoms with Gasteiger partial charge >= 0.3 is 6.03 Å². The zero-order valence-corrected chi connectivity index (χ0v) is 13.7. The maximum Gasteiger partial charge on any atom is 0.325 e. The molecule has 1 aliphatic rings. The van der Waals surface area contributed by atoms with Gasteiger partial charge in [-0.2, -0.15) is 5.10 Å². The maximum atomic E-state index is 12.9. The van der Waals surface area contributed by atoms with Crippen LogP contribution in [0.25, 0.3) is 0 Å². The van der Waals surface area contributed by atoms with Crippen LogP contribution in [0.3, 0.4) is 0 Å². The number of carbonyl (C=O) groups excluding carboxylic acids is 3. The minimum Gasteiger partial charge on any atom is -0.324 e. The Morgan fingerprint density at radius 2 is 1.92 bits per heavy atom. The van der Waals surface area contributed by atoms with Crippen molar-refractivity contribution in [3.8, 4) is 0 Å². The second-order valence-corrected chi connectivity index (χ2v) is 6.00. The topological polar surface area (TPSA) is 90.9 Å². The Hall–Kier alpha value is -2.77. The molecule has 24 heavy (non-hydrogen) atoms. The molecule has 1 aromatic carbocycles. The molecule has 4 amide bonds. The normalized spacial score (nSPS) is 17.0. The fraction of sp³-hybridized carbons (Fsp3) is 0.375. The minimum absolute atomic E-state index is 0.0228. The number of nitrogens with one attached hydrogen (secondary N) is 2. The highest BCUT2D eigenvalue weighted by atomic mass is 19.1. The zero-order valence-electron chi connectivity index (χ0n) is 13.7. The van der Waals surface area contributed by atoms with Gasteiger partial charge < -0.3 is 5.32 Å². The van der Waals surface area contributed by atoms with Crippen LogP contribution in [0, 0.1) is 5.82 Å². The van der Waals surface area contributed by atoms with E-state index in [1.807, 2.05) is 0 Å². The minimum atomic E-state index is -0.953. The number of imide groups is 1. The highest BCUT2D eigenvalue weighted by Gasteiger charge is 2.43. The summed E-state index contributed by atoms with van der Waals surface area (Å²) in [7, 11) is 0. The lowest BCUT2D eigenvalue weighted by atomic mass is 10.1. The third-order valence-corrected chi connectivity index (χ3v) is 3.62. The van der Waals surface area contributed by atoms with Crippen molar-refractivity contribution < 1.29 is 18.8 Å². The molecule has 1 aliphatic heterocycles. The van der Waals surface area contributed by atoms with E-state index in [1.165, 1.54) is 12.1 Å². The molecule has 0 spiro atoms. The number of nitrogens with zero attached hydrogens (tertiary/aromatic N) is 2. The molecule has 1 saturated heterocycles. The summed E-state index contributed by atoms with van der Waals surface area (Å²) in [6, 6.07) is 5.19. The highest BCUT2D eigenvalue weighted by molar-refractivity contribution is 6.06. The van der Waals surface area contributed by atoms with Gasteiger partial charge in [0, 0.05) is 13.0 Å². The van der Waals surface area contributed by atoms with Crippen molar-refractivity contribution in [3.05, 3.63) is 35.6 Å². The van der Waals surface area contributed by atoms with Gasteiger partial charge in [0.2, 0.25) is 5.91 Å². The molecule has 0 radical (unpaired) electrons. The summed E-state index contributed by atoms with van der Waals surface area (Å²) in [5.74, 6) is -1.15. The molecule has 0 atom stereocenters. The van der Waals surface area contributed by atoms with Crippen molar-refractivity contribution in [2.24, 2.45) is 5.10 Å². The van der Waals surface area contributed by atoms with Crippen LogP contribution in [-0.2, 0) is 9.59 Å². The lowest BCUT2D eigenvalue weighted by Gasteiger charge is -2.15. The van der Waals surface area contributed by atoms with E-state index in [1.54, 1.807) is 32.9 Å². The summed E-state index contributed by atoms with van der Waals surface area (Å²) >= 11 is 0. The van der Waals surface area contributed by atoms with Gasteiger partial charge in [-0.15, -0.1) is 0 Å². The Morgan fingerprint density at radius 3 is 2.46 bits per heavy atom. The van der Waals surface area contributed by atoms with Crippen LogP contribution in [0.2, 0.25) is 0 Å². The fourth-order valence-electron chi connectivity index (χ4n) is 2.19. The summed E-state index contributed by atoms with van der Waals surface area (Å²) in [5.41, 5.74) is 2.59. The van der Waals surface area contributed by atoms with Gasteiger partial charge in [0.25, 0.3) is 5.91 Å². The van der Waals surface area contributed by atoms with Crippen molar-refractivity contribution in [3.63, 3.8) is 0 Å². The molecule has 1 heterocycles. The van der Waals surface area contributed by atoms with E-state index in [-0.39, 0.29) is 24.7 Å². The lowest BCUT2D eigenvalue weighted by Crippen LogP contribution is -2.40. The molecule has 1 fully saturated rings. The number of urea groups is 1. The first-order chi connectivity index (χ1) is 11.2. The van der Waals surface area contributed by atoms with E-state index in [0.717, 1.165) is 4.90 Å². The van der Waals surface area contributed by atoms with Crippen LogP contribution >= 0.6 is 0 Å². The molecule has 2 rings (SSSR count). The summed E-state index contributed by atoms with van der Waals surface area (Å²) < 4.78 is 12.9. The Labute approximate surface area is 138 Å². The highest BCUT2D eigenvalue weighted by Crippen LogP contribution is 2.16. The number of hydrogen-bond donors (Lipinski definition) is 2. The molecule has 0 saturated carbocycles. The fourth-order valence-corrected chi connectivity index (χ4v) is 2.19. The summed E-state index contributed by atoms with van der Waals surface area (Å²) in [6.07, 6.45) is -0.0601. The Balaban J connectivity index is 1.87. The number of hydrazone groups is 1. The Kier molecular flexibility index (Phi) is 4.96. The third-order valence-electron chi connectivity index (χ3n) is 3.62. The van der Waals surface area contributed by atoms with Gasteiger partial charge in [0.05, 0.1) is 5.71 Å². The van der Waals surface area contributed by atoms with Gasteiger partial charge in [-0.1, -0.05) is 12.1 Å². The number of hydrogen-bond acceptors (Lipinski definition) is 4. The third kappa shape index (κ3) is 3.95. The second-order valence-electron chi connectivity index (χ2n) is 6.00. The number of rotatable bonds is 5. The first-order valence-electron chi connectivity index (χ1n) is 7.44. The van der Waals surface area contributed by atoms with Gasteiger partial charge in [-0.25, -0.2) is 14.6 Å². The van der Waals surface area contributed by atoms with Gasteiger partial charge in [-0.3, -0.25) is 14.5 Å². The van der Waals surface area contributed by atoms with E-state index in [0.29, 0.717) is 11.3 Å². The number of benzene rings is 1. The van der Waals surface area contributed by atoms with Gasteiger partial charge in [0.15, 0.2) is 0 Å². The molecule has 0 aliphatic carbocycles. The zero-order chi connectivity index (χ0) is 17.9. The van der Waals surface area contributed by atoms with E-state index in [9.17, 15) is 18.8 Å². The van der Waals surface area contributed by atoms with Crippen molar-refractivity contribution >= 4 is 23.6 Å². The quantitative estimate of drug-likeness (QED) is 0.484. The van der Waals surface area contributed by atoms with Crippen LogP contribution < -0.4 is 10.7 Å². The summed E-state index contributed by atoms with van der Waals surface area (Å²) in [6.45, 7) is 4.85. The number of amides is 4. The molecule has 0 aromatic heterocycles. The van der Waals surface area contributed by atoms with E-state index >= 15 is 0 Å². The molecular formula is C16H19FN4O3. The SMILES string of the molecule is C/C(=N/NC(=O)CCN1C(=O)NC(C)(C)C1=O)c1ccc(F)cc1. The molecule has 128 valence electrons.